The molecule has 0 unspecified atom stereocenters. The van der Waals surface area contributed by atoms with Crippen molar-refractivity contribution in [2.75, 3.05) is 38.5 Å². The zero-order valence-electron chi connectivity index (χ0n) is 14.5. The molecule has 0 bridgehead atoms. The molecule has 1 aliphatic rings. The molecule has 0 amide bonds. The van der Waals surface area contributed by atoms with Gasteiger partial charge in [-0.1, -0.05) is 42.5 Å². The maximum Gasteiger partial charge on any atom is 0.384 e. The molecule has 0 atom stereocenters. The highest BCUT2D eigenvalue weighted by Gasteiger charge is 2.17. The van der Waals surface area contributed by atoms with Gasteiger partial charge in [-0.05, 0) is 27.7 Å². The molecule has 26 heavy (non-hydrogen) atoms. The monoisotopic (exact) mass is 393 g/mol. The zero-order valence-corrected chi connectivity index (χ0v) is 16.3. The molecule has 2 aromatic rings. The summed E-state index contributed by atoms with van der Waals surface area (Å²) in [7, 11) is 0. The minimum atomic E-state index is -3.96. The van der Waals surface area contributed by atoms with Crippen LogP contribution >= 0.6 is 18.2 Å². The van der Waals surface area contributed by atoms with Crippen molar-refractivity contribution >= 4 is 34.8 Å². The minimum absolute atomic E-state index is 0.404. The third-order valence-electron chi connectivity index (χ3n) is 4.35. The molecule has 3 rings (SSSR count). The van der Waals surface area contributed by atoms with Gasteiger partial charge in [0.2, 0.25) is 0 Å². The Morgan fingerprint density at radius 2 is 1.96 bits per heavy atom. The number of amidine groups is 1. The Morgan fingerprint density at radius 1 is 1.15 bits per heavy atom. The van der Waals surface area contributed by atoms with Crippen molar-refractivity contribution in [2.45, 2.75) is 6.42 Å². The third kappa shape index (κ3) is 5.56. The number of hydrogen-bond donors (Lipinski definition) is 3. The van der Waals surface area contributed by atoms with Crippen LogP contribution in [0.15, 0.2) is 47.5 Å². The molecule has 6 nitrogen and oxygen atoms in total. The van der Waals surface area contributed by atoms with Crippen molar-refractivity contribution in [3.05, 3.63) is 48.0 Å². The van der Waals surface area contributed by atoms with Gasteiger partial charge in [0, 0.05) is 38.4 Å². The minimum Gasteiger partial charge on any atom is -0.357 e. The molecule has 2 aromatic carbocycles. The molecule has 0 aromatic heterocycles. The smallest absolute Gasteiger partial charge is 0.357 e. The fourth-order valence-corrected chi connectivity index (χ4v) is 4.59. The van der Waals surface area contributed by atoms with Crippen LogP contribution in [0.25, 0.3) is 10.8 Å². The molecular weight excluding hydrogens is 369 g/mol. The molecule has 0 fully saturated rings. The van der Waals surface area contributed by atoms with E-state index in [-0.39, 0.29) is 0 Å². The fourth-order valence-electron chi connectivity index (χ4n) is 3.13. The predicted molar refractivity (Wildman–Crippen MR) is 109 cm³/mol. The summed E-state index contributed by atoms with van der Waals surface area (Å²) in [6, 6.07) is 14.8. The summed E-state index contributed by atoms with van der Waals surface area (Å²) in [5.74, 6) is 1.52. The van der Waals surface area contributed by atoms with Crippen molar-refractivity contribution < 1.29 is 14.4 Å². The van der Waals surface area contributed by atoms with E-state index in [1.807, 2.05) is 0 Å². The Hall–Kier alpha value is -1.37. The maximum atomic E-state index is 10.8. The number of nitrogens with one attached hydrogen (secondary N) is 1. The summed E-state index contributed by atoms with van der Waals surface area (Å²) in [5, 5.41) is 5.76. The lowest BCUT2D eigenvalue weighted by Gasteiger charge is -2.21. The molecule has 140 valence electrons. The average molecular weight is 393 g/mol. The lowest BCUT2D eigenvalue weighted by molar-refractivity contribution is 0.397. The Kier molecular flexibility index (Phi) is 6.73. The molecular formula is C18H24N3O3PS. The highest BCUT2D eigenvalue weighted by atomic mass is 32.7. The quantitative estimate of drug-likeness (QED) is 0.448. The molecule has 0 saturated heterocycles. The number of fused-ring (bicyclic) bond motifs is 1. The van der Waals surface area contributed by atoms with Crippen LogP contribution < -0.4 is 5.32 Å². The molecule has 0 radical (unpaired) electrons. The lowest BCUT2D eigenvalue weighted by Crippen LogP contribution is -2.36. The normalized spacial score (nSPS) is 14.8. The van der Waals surface area contributed by atoms with Gasteiger partial charge in [0.1, 0.15) is 5.84 Å². The highest BCUT2D eigenvalue weighted by molar-refractivity contribution is 8.54. The van der Waals surface area contributed by atoms with Gasteiger partial charge in [-0.25, -0.2) is 4.57 Å². The number of nitrogens with zero attached hydrogens (tertiary/aromatic N) is 2. The van der Waals surface area contributed by atoms with Crippen molar-refractivity contribution in [3.63, 3.8) is 0 Å². The van der Waals surface area contributed by atoms with E-state index < -0.39 is 6.80 Å². The summed E-state index contributed by atoms with van der Waals surface area (Å²) >= 11 is 0.687. The van der Waals surface area contributed by atoms with E-state index >= 15 is 0 Å². The average Bonchev–Trinajstić information content (AvgIpc) is 3.04. The Bertz CT molecular complexity index is 819. The molecule has 8 heteroatoms. The summed E-state index contributed by atoms with van der Waals surface area (Å²) in [6.07, 6.45) is 0.829. The van der Waals surface area contributed by atoms with Crippen molar-refractivity contribution in [1.82, 2.24) is 10.2 Å². The second-order valence-electron chi connectivity index (χ2n) is 6.17. The standard InChI is InChI=1S/C18H24N3O3PS/c22-25(23,24)26-13-10-19-8-11-21-12-9-20-18(21)14-16-6-3-5-15-4-1-2-7-17(15)16/h1-7,19H,8-14H2,(H2,22,23,24). The Morgan fingerprint density at radius 3 is 2.81 bits per heavy atom. The van der Waals surface area contributed by atoms with Crippen LogP contribution in [0.3, 0.4) is 0 Å². The first-order valence-electron chi connectivity index (χ1n) is 8.69. The van der Waals surface area contributed by atoms with Crippen LogP contribution in [-0.2, 0) is 11.0 Å². The lowest BCUT2D eigenvalue weighted by atomic mass is 10.0. The largest absolute Gasteiger partial charge is 0.384 e. The number of rotatable bonds is 9. The SMILES string of the molecule is O=P(O)(O)SCCNCCN1CCN=C1Cc1cccc2ccccc12. The van der Waals surface area contributed by atoms with Crippen LogP contribution in [0.1, 0.15) is 5.56 Å². The van der Waals surface area contributed by atoms with Gasteiger partial charge in [0.05, 0.1) is 6.54 Å². The van der Waals surface area contributed by atoms with E-state index in [0.29, 0.717) is 23.7 Å². The van der Waals surface area contributed by atoms with Gasteiger partial charge in [-0.15, -0.1) is 0 Å². The van der Waals surface area contributed by atoms with E-state index in [2.05, 4.69) is 57.7 Å². The summed E-state index contributed by atoms with van der Waals surface area (Å²) in [4.78, 5) is 24.6. The third-order valence-corrected chi connectivity index (χ3v) is 6.63. The molecule has 0 spiro atoms. The van der Waals surface area contributed by atoms with Crippen LogP contribution in [0.5, 0.6) is 0 Å². The Balaban J connectivity index is 1.50. The van der Waals surface area contributed by atoms with Gasteiger partial charge < -0.3 is 20.0 Å². The first-order chi connectivity index (χ1) is 12.5. The Labute approximate surface area is 157 Å². The summed E-state index contributed by atoms with van der Waals surface area (Å²) in [5.41, 5.74) is 1.29. The van der Waals surface area contributed by atoms with Gasteiger partial charge in [0.25, 0.3) is 0 Å². The number of hydrogen-bond acceptors (Lipinski definition) is 5. The topological polar surface area (TPSA) is 85.2 Å². The predicted octanol–water partition coefficient (Wildman–Crippen LogP) is 2.51. The molecule has 1 aliphatic heterocycles. The van der Waals surface area contributed by atoms with Gasteiger partial charge in [0.15, 0.2) is 0 Å². The van der Waals surface area contributed by atoms with Crippen LogP contribution in [0.4, 0.5) is 0 Å². The van der Waals surface area contributed by atoms with Crippen molar-refractivity contribution in [3.8, 4) is 0 Å². The van der Waals surface area contributed by atoms with E-state index in [1.165, 1.54) is 16.3 Å². The van der Waals surface area contributed by atoms with Crippen molar-refractivity contribution in [1.29, 1.82) is 0 Å². The number of aliphatic imine (C=N–C) groups is 1. The van der Waals surface area contributed by atoms with Gasteiger partial charge >= 0.3 is 6.80 Å². The number of benzene rings is 2. The van der Waals surface area contributed by atoms with E-state index in [9.17, 15) is 4.57 Å². The maximum absolute atomic E-state index is 10.8. The fraction of sp³-hybridized carbons (Fsp3) is 0.389. The molecule has 1 heterocycles. The van der Waals surface area contributed by atoms with Crippen LogP contribution in [0, 0.1) is 0 Å². The van der Waals surface area contributed by atoms with Crippen molar-refractivity contribution in [2.24, 2.45) is 4.99 Å². The second kappa shape index (κ2) is 9.02. The molecule has 3 N–H and O–H groups in total. The van der Waals surface area contributed by atoms with Crippen LogP contribution in [0.2, 0.25) is 0 Å². The van der Waals surface area contributed by atoms with E-state index in [0.717, 1.165) is 38.4 Å². The second-order valence-corrected chi connectivity index (χ2v) is 10.0. The first kappa shape index (κ1) is 19.4. The van der Waals surface area contributed by atoms with E-state index in [4.69, 9.17) is 9.79 Å². The van der Waals surface area contributed by atoms with E-state index in [1.54, 1.807) is 0 Å². The molecule has 0 aliphatic carbocycles. The summed E-state index contributed by atoms with van der Waals surface area (Å²) in [6.45, 7) is 0.00838. The van der Waals surface area contributed by atoms with Gasteiger partial charge in [-0.3, -0.25) is 4.99 Å². The highest BCUT2D eigenvalue weighted by Crippen LogP contribution is 2.49. The summed E-state index contributed by atoms with van der Waals surface area (Å²) < 4.78 is 10.8. The first-order valence-corrected chi connectivity index (χ1v) is 11.9. The van der Waals surface area contributed by atoms with Crippen LogP contribution in [-0.4, -0.2) is 59.0 Å². The van der Waals surface area contributed by atoms with Gasteiger partial charge in [-0.2, -0.15) is 0 Å². The zero-order chi connectivity index (χ0) is 18.4. The molecule has 0 saturated carbocycles.